The lowest BCUT2D eigenvalue weighted by molar-refractivity contribution is -0.143. The summed E-state index contributed by atoms with van der Waals surface area (Å²) >= 11 is 0. The molecule has 1 heterocycles. The van der Waals surface area contributed by atoms with Crippen molar-refractivity contribution < 1.29 is 9.53 Å². The highest BCUT2D eigenvalue weighted by Gasteiger charge is 2.05. The van der Waals surface area contributed by atoms with Crippen LogP contribution in [0.4, 0.5) is 0 Å². The maximum atomic E-state index is 11.2. The van der Waals surface area contributed by atoms with Crippen molar-refractivity contribution in [2.45, 2.75) is 19.9 Å². The number of nitrogens with zero attached hydrogens (tertiary/aromatic N) is 2. The van der Waals surface area contributed by atoms with Crippen LogP contribution in [0, 0.1) is 0 Å². The van der Waals surface area contributed by atoms with Crippen LogP contribution in [-0.4, -0.2) is 22.1 Å². The normalized spacial score (nSPS) is 10.6. The van der Waals surface area contributed by atoms with Gasteiger partial charge in [-0.3, -0.25) is 4.79 Å². The molecule has 0 saturated carbocycles. The second kappa shape index (κ2) is 4.79. The fourth-order valence-electron chi connectivity index (χ4n) is 1.63. The van der Waals surface area contributed by atoms with E-state index in [0.717, 1.165) is 11.0 Å². The molecule has 0 bridgehead atoms. The minimum absolute atomic E-state index is 0.166. The van der Waals surface area contributed by atoms with Gasteiger partial charge < -0.3 is 9.30 Å². The molecule has 0 atom stereocenters. The highest BCUT2D eigenvalue weighted by Crippen LogP contribution is 2.12. The molecule has 1 aromatic heterocycles. The maximum Gasteiger partial charge on any atom is 0.307 e. The van der Waals surface area contributed by atoms with Gasteiger partial charge in [0.25, 0.3) is 0 Å². The zero-order chi connectivity index (χ0) is 11.4. The smallest absolute Gasteiger partial charge is 0.307 e. The van der Waals surface area contributed by atoms with Crippen LogP contribution in [0.1, 0.15) is 13.3 Å². The van der Waals surface area contributed by atoms with Crippen molar-refractivity contribution in [3.05, 3.63) is 30.6 Å². The molecular formula is C12H14N2O2. The van der Waals surface area contributed by atoms with Gasteiger partial charge in [0.15, 0.2) is 0 Å². The van der Waals surface area contributed by atoms with Crippen molar-refractivity contribution in [3.63, 3.8) is 0 Å². The zero-order valence-electron chi connectivity index (χ0n) is 9.22. The van der Waals surface area contributed by atoms with Gasteiger partial charge >= 0.3 is 5.97 Å². The molecule has 4 heteroatoms. The molecular weight excluding hydrogens is 204 g/mol. The molecule has 4 nitrogen and oxygen atoms in total. The highest BCUT2D eigenvalue weighted by atomic mass is 16.5. The van der Waals surface area contributed by atoms with Crippen molar-refractivity contribution in [3.8, 4) is 0 Å². The Labute approximate surface area is 93.9 Å². The summed E-state index contributed by atoms with van der Waals surface area (Å²) in [4.78, 5) is 15.5. The summed E-state index contributed by atoms with van der Waals surface area (Å²) in [5.74, 6) is -0.166. The van der Waals surface area contributed by atoms with Crippen LogP contribution < -0.4 is 0 Å². The van der Waals surface area contributed by atoms with E-state index in [9.17, 15) is 4.79 Å². The molecule has 0 aliphatic carbocycles. The largest absolute Gasteiger partial charge is 0.466 e. The van der Waals surface area contributed by atoms with Gasteiger partial charge in [0, 0.05) is 6.54 Å². The molecule has 0 aliphatic rings. The predicted molar refractivity (Wildman–Crippen MR) is 61.0 cm³/mol. The van der Waals surface area contributed by atoms with Crippen molar-refractivity contribution in [2.24, 2.45) is 0 Å². The number of fused-ring (bicyclic) bond motifs is 1. The molecule has 0 N–H and O–H groups in total. The second-order valence-electron chi connectivity index (χ2n) is 3.48. The van der Waals surface area contributed by atoms with Gasteiger partial charge in [-0.15, -0.1) is 0 Å². The lowest BCUT2D eigenvalue weighted by atomic mass is 10.3. The Morgan fingerprint density at radius 1 is 1.44 bits per heavy atom. The molecule has 2 aromatic rings. The number of rotatable bonds is 4. The van der Waals surface area contributed by atoms with Crippen LogP contribution in [0.5, 0.6) is 0 Å². The number of hydrogen-bond donors (Lipinski definition) is 0. The SMILES string of the molecule is CCOC(=O)CCn1cnc2ccccc21. The Morgan fingerprint density at radius 2 is 2.25 bits per heavy atom. The molecule has 0 fully saturated rings. The van der Waals surface area contributed by atoms with E-state index in [4.69, 9.17) is 4.74 Å². The van der Waals surface area contributed by atoms with Crippen molar-refractivity contribution in [1.82, 2.24) is 9.55 Å². The minimum atomic E-state index is -0.166. The average molecular weight is 218 g/mol. The Hall–Kier alpha value is -1.84. The molecule has 0 aliphatic heterocycles. The number of esters is 1. The Balaban J connectivity index is 2.07. The van der Waals surface area contributed by atoms with Crippen molar-refractivity contribution in [1.29, 1.82) is 0 Å². The van der Waals surface area contributed by atoms with Gasteiger partial charge in [-0.2, -0.15) is 0 Å². The van der Waals surface area contributed by atoms with E-state index < -0.39 is 0 Å². The number of aromatic nitrogens is 2. The van der Waals surface area contributed by atoms with E-state index in [0.29, 0.717) is 19.6 Å². The number of hydrogen-bond acceptors (Lipinski definition) is 3. The van der Waals surface area contributed by atoms with Gasteiger partial charge in [-0.1, -0.05) is 12.1 Å². The number of ether oxygens (including phenoxy) is 1. The minimum Gasteiger partial charge on any atom is -0.466 e. The second-order valence-corrected chi connectivity index (χ2v) is 3.48. The fraction of sp³-hybridized carbons (Fsp3) is 0.333. The van der Waals surface area contributed by atoms with Crippen LogP contribution in [0.2, 0.25) is 0 Å². The Morgan fingerprint density at radius 3 is 3.06 bits per heavy atom. The molecule has 0 spiro atoms. The summed E-state index contributed by atoms with van der Waals surface area (Å²) in [6.45, 7) is 2.85. The number of carbonyl (C=O) groups is 1. The first-order valence-electron chi connectivity index (χ1n) is 5.36. The number of carbonyl (C=O) groups excluding carboxylic acids is 1. The van der Waals surface area contributed by atoms with Crippen LogP contribution in [0.25, 0.3) is 11.0 Å². The van der Waals surface area contributed by atoms with E-state index in [1.165, 1.54) is 0 Å². The summed E-state index contributed by atoms with van der Waals surface area (Å²) < 4.78 is 6.84. The molecule has 0 saturated heterocycles. The first-order valence-corrected chi connectivity index (χ1v) is 5.36. The van der Waals surface area contributed by atoms with E-state index in [2.05, 4.69) is 4.98 Å². The fourth-order valence-corrected chi connectivity index (χ4v) is 1.63. The molecule has 0 amide bonds. The average Bonchev–Trinajstić information content (AvgIpc) is 2.70. The lowest BCUT2D eigenvalue weighted by Gasteiger charge is -2.03. The van der Waals surface area contributed by atoms with E-state index in [-0.39, 0.29) is 5.97 Å². The number of para-hydroxylation sites is 2. The first kappa shape index (κ1) is 10.7. The van der Waals surface area contributed by atoms with E-state index in [1.54, 1.807) is 6.33 Å². The molecule has 1 aromatic carbocycles. The third kappa shape index (κ3) is 2.21. The van der Waals surface area contributed by atoms with Gasteiger partial charge in [-0.25, -0.2) is 4.98 Å². The summed E-state index contributed by atoms with van der Waals surface area (Å²) in [7, 11) is 0. The molecule has 0 unspecified atom stereocenters. The number of benzene rings is 1. The first-order chi connectivity index (χ1) is 7.81. The predicted octanol–water partition coefficient (Wildman–Crippen LogP) is 1.99. The lowest BCUT2D eigenvalue weighted by Crippen LogP contribution is -2.08. The van der Waals surface area contributed by atoms with Crippen LogP contribution in [0.3, 0.4) is 0 Å². The monoisotopic (exact) mass is 218 g/mol. The Bertz CT molecular complexity index is 490. The third-order valence-corrected chi connectivity index (χ3v) is 2.39. The highest BCUT2D eigenvalue weighted by molar-refractivity contribution is 5.75. The molecule has 0 radical (unpaired) electrons. The molecule has 16 heavy (non-hydrogen) atoms. The summed E-state index contributed by atoms with van der Waals surface area (Å²) in [5, 5.41) is 0. The van der Waals surface area contributed by atoms with Gasteiger partial charge in [0.2, 0.25) is 0 Å². The van der Waals surface area contributed by atoms with Gasteiger partial charge in [0.05, 0.1) is 30.4 Å². The topological polar surface area (TPSA) is 44.1 Å². The summed E-state index contributed by atoms with van der Waals surface area (Å²) in [6, 6.07) is 7.86. The summed E-state index contributed by atoms with van der Waals surface area (Å²) in [6.07, 6.45) is 2.14. The van der Waals surface area contributed by atoms with Crippen molar-refractivity contribution >= 4 is 17.0 Å². The van der Waals surface area contributed by atoms with Crippen LogP contribution in [0.15, 0.2) is 30.6 Å². The van der Waals surface area contributed by atoms with E-state index >= 15 is 0 Å². The maximum absolute atomic E-state index is 11.2. The standard InChI is InChI=1S/C12H14N2O2/c1-2-16-12(15)7-8-14-9-13-10-5-3-4-6-11(10)14/h3-6,9H,2,7-8H2,1H3. The number of aryl methyl sites for hydroxylation is 1. The van der Waals surface area contributed by atoms with Crippen LogP contribution >= 0.6 is 0 Å². The quantitative estimate of drug-likeness (QED) is 0.737. The molecule has 2 rings (SSSR count). The molecule has 84 valence electrons. The third-order valence-electron chi connectivity index (χ3n) is 2.39. The van der Waals surface area contributed by atoms with Crippen LogP contribution in [-0.2, 0) is 16.1 Å². The van der Waals surface area contributed by atoms with Gasteiger partial charge in [-0.05, 0) is 19.1 Å². The number of imidazole rings is 1. The van der Waals surface area contributed by atoms with Crippen molar-refractivity contribution in [2.75, 3.05) is 6.61 Å². The van der Waals surface area contributed by atoms with Gasteiger partial charge in [0.1, 0.15) is 0 Å². The zero-order valence-corrected chi connectivity index (χ0v) is 9.22. The summed E-state index contributed by atoms with van der Waals surface area (Å²) in [5.41, 5.74) is 2.00. The van der Waals surface area contributed by atoms with E-state index in [1.807, 2.05) is 35.8 Å². The Kier molecular flexibility index (Phi) is 3.19.